The molecular formula is C16H24BrN. The van der Waals surface area contributed by atoms with Crippen LogP contribution in [0.25, 0.3) is 0 Å². The van der Waals surface area contributed by atoms with Gasteiger partial charge in [0.15, 0.2) is 0 Å². The summed E-state index contributed by atoms with van der Waals surface area (Å²) in [6.07, 6.45) is 5.64. The molecule has 0 radical (unpaired) electrons. The molecule has 1 N–H and O–H groups in total. The summed E-state index contributed by atoms with van der Waals surface area (Å²) in [5, 5.41) is 3.69. The molecule has 0 unspecified atom stereocenters. The van der Waals surface area contributed by atoms with Crippen molar-refractivity contribution in [3.63, 3.8) is 0 Å². The number of nitrogens with one attached hydrogen (secondary N) is 1. The van der Waals surface area contributed by atoms with Crippen LogP contribution < -0.4 is 5.32 Å². The Hall–Kier alpha value is -0.340. The van der Waals surface area contributed by atoms with E-state index < -0.39 is 0 Å². The van der Waals surface area contributed by atoms with E-state index in [1.807, 2.05) is 0 Å². The Morgan fingerprint density at radius 2 is 1.78 bits per heavy atom. The number of hydrogen-bond donors (Lipinski definition) is 1. The number of hydrogen-bond acceptors (Lipinski definition) is 1. The van der Waals surface area contributed by atoms with Gasteiger partial charge in [-0.15, -0.1) is 0 Å². The fourth-order valence-electron chi connectivity index (χ4n) is 2.75. The molecule has 1 nitrogen and oxygen atoms in total. The smallest absolute Gasteiger partial charge is 0.0291 e. The van der Waals surface area contributed by atoms with Crippen LogP contribution in [0.3, 0.4) is 0 Å². The summed E-state index contributed by atoms with van der Waals surface area (Å²) >= 11 is 3.48. The molecule has 0 spiro atoms. The lowest BCUT2D eigenvalue weighted by atomic mass is 9.83. The van der Waals surface area contributed by atoms with Crippen LogP contribution in [0.4, 0.5) is 0 Å². The minimum atomic E-state index is 0.456. The maximum atomic E-state index is 3.69. The molecule has 2 rings (SSSR count). The van der Waals surface area contributed by atoms with Crippen LogP contribution in [-0.4, -0.2) is 6.54 Å². The Labute approximate surface area is 119 Å². The van der Waals surface area contributed by atoms with Crippen LogP contribution in [0.2, 0.25) is 0 Å². The predicted molar refractivity (Wildman–Crippen MR) is 81.7 cm³/mol. The van der Waals surface area contributed by atoms with Gasteiger partial charge < -0.3 is 5.32 Å². The standard InChI is InChI=1S/C16H24BrN/c1-12-3-5-14(6-4-12)11-18-13(2)15-7-9-16(17)10-8-15/h7-10,12-14,18H,3-6,11H2,1-2H3/t12?,13-,14?/m1/s1. The third-order valence-electron chi connectivity index (χ3n) is 4.22. The molecule has 100 valence electrons. The normalized spacial score (nSPS) is 25.9. The van der Waals surface area contributed by atoms with E-state index in [4.69, 9.17) is 0 Å². The van der Waals surface area contributed by atoms with Crippen molar-refractivity contribution in [1.29, 1.82) is 0 Å². The van der Waals surface area contributed by atoms with Crippen LogP contribution in [0.1, 0.15) is 51.1 Å². The van der Waals surface area contributed by atoms with Gasteiger partial charge in [-0.3, -0.25) is 0 Å². The molecule has 0 saturated heterocycles. The van der Waals surface area contributed by atoms with Gasteiger partial charge in [0.25, 0.3) is 0 Å². The quantitative estimate of drug-likeness (QED) is 0.832. The first-order valence-electron chi connectivity index (χ1n) is 7.14. The van der Waals surface area contributed by atoms with Crippen molar-refractivity contribution < 1.29 is 0 Å². The minimum Gasteiger partial charge on any atom is -0.310 e. The molecule has 0 amide bonds. The number of rotatable bonds is 4. The lowest BCUT2D eigenvalue weighted by Gasteiger charge is -2.27. The number of benzene rings is 1. The molecule has 18 heavy (non-hydrogen) atoms. The van der Waals surface area contributed by atoms with E-state index in [2.05, 4.69) is 59.4 Å². The van der Waals surface area contributed by atoms with Gasteiger partial charge in [-0.05, 0) is 55.8 Å². The summed E-state index contributed by atoms with van der Waals surface area (Å²) in [6.45, 7) is 5.81. The highest BCUT2D eigenvalue weighted by molar-refractivity contribution is 9.10. The highest BCUT2D eigenvalue weighted by Gasteiger charge is 2.18. The summed E-state index contributed by atoms with van der Waals surface area (Å²) in [7, 11) is 0. The van der Waals surface area contributed by atoms with Crippen molar-refractivity contribution in [1.82, 2.24) is 5.32 Å². The molecule has 1 fully saturated rings. The lowest BCUT2D eigenvalue weighted by Crippen LogP contribution is -2.28. The van der Waals surface area contributed by atoms with E-state index in [0.717, 1.165) is 16.3 Å². The van der Waals surface area contributed by atoms with Crippen LogP contribution in [0.5, 0.6) is 0 Å². The largest absolute Gasteiger partial charge is 0.310 e. The molecule has 2 heteroatoms. The molecule has 1 aliphatic rings. The maximum Gasteiger partial charge on any atom is 0.0291 e. The zero-order valence-electron chi connectivity index (χ0n) is 11.5. The van der Waals surface area contributed by atoms with Crippen molar-refractivity contribution in [3.8, 4) is 0 Å². The first-order chi connectivity index (χ1) is 8.65. The highest BCUT2D eigenvalue weighted by atomic mass is 79.9. The van der Waals surface area contributed by atoms with Crippen molar-refractivity contribution in [2.75, 3.05) is 6.54 Å². The van der Waals surface area contributed by atoms with E-state index >= 15 is 0 Å². The van der Waals surface area contributed by atoms with Gasteiger partial charge in [0.05, 0.1) is 0 Å². The zero-order chi connectivity index (χ0) is 13.0. The predicted octanol–water partition coefficient (Wildman–Crippen LogP) is 4.93. The van der Waals surface area contributed by atoms with Crippen LogP contribution in [-0.2, 0) is 0 Å². The zero-order valence-corrected chi connectivity index (χ0v) is 13.0. The molecule has 1 saturated carbocycles. The van der Waals surface area contributed by atoms with Crippen molar-refractivity contribution in [2.24, 2.45) is 11.8 Å². The van der Waals surface area contributed by atoms with E-state index in [-0.39, 0.29) is 0 Å². The van der Waals surface area contributed by atoms with Gasteiger partial charge >= 0.3 is 0 Å². The van der Waals surface area contributed by atoms with Crippen molar-refractivity contribution >= 4 is 15.9 Å². The molecule has 0 bridgehead atoms. The van der Waals surface area contributed by atoms with Crippen LogP contribution >= 0.6 is 15.9 Å². The third-order valence-corrected chi connectivity index (χ3v) is 4.75. The van der Waals surface area contributed by atoms with Crippen LogP contribution in [0, 0.1) is 11.8 Å². The summed E-state index contributed by atoms with van der Waals surface area (Å²) in [6, 6.07) is 9.10. The lowest BCUT2D eigenvalue weighted by molar-refractivity contribution is 0.276. The fourth-order valence-corrected chi connectivity index (χ4v) is 3.01. The first-order valence-corrected chi connectivity index (χ1v) is 7.93. The van der Waals surface area contributed by atoms with Crippen molar-refractivity contribution in [2.45, 2.75) is 45.6 Å². The Morgan fingerprint density at radius 1 is 1.17 bits per heavy atom. The molecule has 1 aromatic rings. The second-order valence-corrected chi connectivity index (χ2v) is 6.72. The van der Waals surface area contributed by atoms with Gasteiger partial charge in [-0.2, -0.15) is 0 Å². The maximum absolute atomic E-state index is 3.69. The molecule has 1 aromatic carbocycles. The van der Waals surface area contributed by atoms with Gasteiger partial charge in [0, 0.05) is 10.5 Å². The van der Waals surface area contributed by atoms with Gasteiger partial charge in [-0.1, -0.05) is 47.8 Å². The summed E-state index contributed by atoms with van der Waals surface area (Å²) in [5.41, 5.74) is 1.38. The number of halogens is 1. The van der Waals surface area contributed by atoms with Gasteiger partial charge in [0.1, 0.15) is 0 Å². The topological polar surface area (TPSA) is 12.0 Å². The second-order valence-electron chi connectivity index (χ2n) is 5.81. The van der Waals surface area contributed by atoms with E-state index in [1.165, 1.54) is 37.8 Å². The third kappa shape index (κ3) is 4.10. The molecule has 1 atom stereocenters. The Morgan fingerprint density at radius 3 is 2.39 bits per heavy atom. The Balaban J connectivity index is 1.77. The average molecular weight is 310 g/mol. The highest BCUT2D eigenvalue weighted by Crippen LogP contribution is 2.28. The van der Waals surface area contributed by atoms with Crippen LogP contribution in [0.15, 0.2) is 28.7 Å². The molecule has 1 aliphatic carbocycles. The first kappa shape index (κ1) is 14.1. The Kier molecular flexibility index (Phi) is 5.25. The summed E-state index contributed by atoms with van der Waals surface area (Å²) in [4.78, 5) is 0. The Bertz CT molecular complexity index is 352. The molecule has 0 heterocycles. The second kappa shape index (κ2) is 6.72. The van der Waals surface area contributed by atoms with E-state index in [1.54, 1.807) is 0 Å². The van der Waals surface area contributed by atoms with E-state index in [9.17, 15) is 0 Å². The molecule has 0 aliphatic heterocycles. The fraction of sp³-hybridized carbons (Fsp3) is 0.625. The summed E-state index contributed by atoms with van der Waals surface area (Å²) < 4.78 is 1.15. The molecule has 0 aromatic heterocycles. The monoisotopic (exact) mass is 309 g/mol. The van der Waals surface area contributed by atoms with Crippen molar-refractivity contribution in [3.05, 3.63) is 34.3 Å². The summed E-state index contributed by atoms with van der Waals surface area (Å²) in [5.74, 6) is 1.84. The minimum absolute atomic E-state index is 0.456. The van der Waals surface area contributed by atoms with Gasteiger partial charge in [-0.25, -0.2) is 0 Å². The average Bonchev–Trinajstić information content (AvgIpc) is 2.38. The van der Waals surface area contributed by atoms with E-state index in [0.29, 0.717) is 6.04 Å². The van der Waals surface area contributed by atoms with Gasteiger partial charge in [0.2, 0.25) is 0 Å². The molecular weight excluding hydrogens is 286 g/mol. The SMILES string of the molecule is CC1CCC(CN[C@H](C)c2ccc(Br)cc2)CC1.